The molecule has 103 valence electrons. The quantitative estimate of drug-likeness (QED) is 0.619. The first-order valence-corrected chi connectivity index (χ1v) is 9.15. The number of ketones is 2. The van der Waals surface area contributed by atoms with E-state index >= 15 is 0 Å². The maximum absolute atomic E-state index is 12.0. The van der Waals surface area contributed by atoms with Crippen LogP contribution in [0.5, 0.6) is 0 Å². The Morgan fingerprint density at radius 3 is 1.40 bits per heavy atom. The molecule has 2 aromatic rings. The summed E-state index contributed by atoms with van der Waals surface area (Å²) in [6.45, 7) is 3.04. The van der Waals surface area contributed by atoms with Crippen LogP contribution in [0.2, 0.25) is 4.82 Å². The molecular weight excluding hydrogens is 315 g/mol. The van der Waals surface area contributed by atoms with Crippen molar-refractivity contribution in [1.29, 1.82) is 0 Å². The van der Waals surface area contributed by atoms with Gasteiger partial charge in [0.25, 0.3) is 0 Å². The second kappa shape index (κ2) is 6.64. The predicted octanol–water partition coefficient (Wildman–Crippen LogP) is 1.84. The maximum atomic E-state index is 12.0. The molecule has 0 unspecified atom stereocenters. The van der Waals surface area contributed by atoms with E-state index in [2.05, 4.69) is 0 Å². The molecule has 0 heterocycles. The first-order chi connectivity index (χ1) is 9.61. The zero-order valence-electron chi connectivity index (χ0n) is 11.6. The van der Waals surface area contributed by atoms with Crippen LogP contribution in [0.25, 0.3) is 0 Å². The van der Waals surface area contributed by atoms with Crippen LogP contribution in [0.3, 0.4) is 0 Å². The number of carbonyl (C=O) groups is 2. The van der Waals surface area contributed by atoms with Gasteiger partial charge in [-0.1, -0.05) is 0 Å². The second-order valence-corrected chi connectivity index (χ2v) is 8.95. The van der Waals surface area contributed by atoms with Gasteiger partial charge in [0.15, 0.2) is 0 Å². The van der Waals surface area contributed by atoms with Gasteiger partial charge in [-0.05, 0) is 0 Å². The molecule has 20 heavy (non-hydrogen) atoms. The van der Waals surface area contributed by atoms with E-state index in [1.807, 2.05) is 60.7 Å². The number of benzene rings is 2. The Balaban J connectivity index is 2.55. The molecule has 0 aliphatic rings. The summed E-state index contributed by atoms with van der Waals surface area (Å²) < 4.78 is 2.24. The standard InChI is InChI=1S/C17H17O2Se/c1-13(18)17(14(2)19)20(15-9-5-3-6-10-15)16-11-7-4-8-12-16/h3-12,17H,1-2H3. The topological polar surface area (TPSA) is 34.1 Å². The number of carbonyl (C=O) groups excluding carboxylic acids is 2. The fourth-order valence-electron chi connectivity index (χ4n) is 2.16. The molecule has 2 aromatic carbocycles. The Morgan fingerprint density at radius 2 is 1.10 bits per heavy atom. The summed E-state index contributed by atoms with van der Waals surface area (Å²) in [5, 5.41) is 0. The third kappa shape index (κ3) is 3.24. The van der Waals surface area contributed by atoms with Crippen LogP contribution >= 0.6 is 0 Å². The Hall–Kier alpha value is -1.70. The van der Waals surface area contributed by atoms with Gasteiger partial charge in [-0.25, -0.2) is 0 Å². The molecular formula is C17H17O2Se. The van der Waals surface area contributed by atoms with E-state index in [9.17, 15) is 9.59 Å². The van der Waals surface area contributed by atoms with Crippen LogP contribution in [0.4, 0.5) is 0 Å². The van der Waals surface area contributed by atoms with Crippen molar-refractivity contribution in [3.63, 3.8) is 0 Å². The normalized spacial score (nSPS) is 10.8. The summed E-state index contributed by atoms with van der Waals surface area (Å²) >= 11 is -1.71. The zero-order valence-corrected chi connectivity index (χ0v) is 13.3. The SMILES string of the molecule is CC(=O)C(C(C)=O)[Se](c1ccccc1)c1ccccc1. The molecule has 1 radical (unpaired) electrons. The minimum atomic E-state index is -1.71. The first kappa shape index (κ1) is 14.7. The summed E-state index contributed by atoms with van der Waals surface area (Å²) in [6.07, 6.45) is 0. The molecule has 2 nitrogen and oxygen atoms in total. The van der Waals surface area contributed by atoms with Crippen LogP contribution in [0, 0.1) is 0 Å². The van der Waals surface area contributed by atoms with E-state index in [0.717, 1.165) is 8.92 Å². The van der Waals surface area contributed by atoms with E-state index in [4.69, 9.17) is 0 Å². The van der Waals surface area contributed by atoms with Gasteiger partial charge in [-0.15, -0.1) is 0 Å². The van der Waals surface area contributed by atoms with Crippen LogP contribution in [0.1, 0.15) is 13.8 Å². The van der Waals surface area contributed by atoms with Gasteiger partial charge >= 0.3 is 123 Å². The van der Waals surface area contributed by atoms with Crippen molar-refractivity contribution in [2.75, 3.05) is 0 Å². The van der Waals surface area contributed by atoms with Gasteiger partial charge in [-0.2, -0.15) is 0 Å². The summed E-state index contributed by atoms with van der Waals surface area (Å²) in [5.74, 6) is -0.0644. The molecule has 2 rings (SSSR count). The summed E-state index contributed by atoms with van der Waals surface area (Å²) in [7, 11) is 0. The Morgan fingerprint density at radius 1 is 0.750 bits per heavy atom. The van der Waals surface area contributed by atoms with Crippen molar-refractivity contribution >= 4 is 34.4 Å². The fourth-order valence-corrected chi connectivity index (χ4v) is 7.16. The molecule has 0 aromatic heterocycles. The summed E-state index contributed by atoms with van der Waals surface area (Å²) in [5.41, 5.74) is 0. The molecule has 0 saturated carbocycles. The molecule has 0 spiro atoms. The van der Waals surface area contributed by atoms with Crippen LogP contribution < -0.4 is 8.92 Å². The minimum absolute atomic E-state index is 0.0322. The van der Waals surface area contributed by atoms with Crippen LogP contribution in [0.15, 0.2) is 60.7 Å². The molecule has 0 N–H and O–H groups in total. The zero-order chi connectivity index (χ0) is 14.5. The predicted molar refractivity (Wildman–Crippen MR) is 83.0 cm³/mol. The van der Waals surface area contributed by atoms with Crippen molar-refractivity contribution < 1.29 is 9.59 Å². The monoisotopic (exact) mass is 333 g/mol. The summed E-state index contributed by atoms with van der Waals surface area (Å²) in [6, 6.07) is 19.9. The fraction of sp³-hybridized carbons (Fsp3) is 0.176. The summed E-state index contributed by atoms with van der Waals surface area (Å²) in [4.78, 5) is 23.5. The van der Waals surface area contributed by atoms with Gasteiger partial charge < -0.3 is 0 Å². The average molecular weight is 332 g/mol. The molecule has 0 aliphatic heterocycles. The first-order valence-electron chi connectivity index (χ1n) is 6.45. The second-order valence-electron chi connectivity index (χ2n) is 4.57. The molecule has 0 bridgehead atoms. The van der Waals surface area contributed by atoms with Gasteiger partial charge in [0.2, 0.25) is 0 Å². The third-order valence-corrected chi connectivity index (χ3v) is 8.62. The number of hydrogen-bond donors (Lipinski definition) is 0. The van der Waals surface area contributed by atoms with Gasteiger partial charge in [0, 0.05) is 0 Å². The average Bonchev–Trinajstić information content (AvgIpc) is 2.45. The molecule has 3 heteroatoms. The molecule has 0 aliphatic carbocycles. The van der Waals surface area contributed by atoms with Crippen molar-refractivity contribution in [3.8, 4) is 0 Å². The van der Waals surface area contributed by atoms with Gasteiger partial charge in [0.05, 0.1) is 0 Å². The van der Waals surface area contributed by atoms with E-state index in [-0.39, 0.29) is 11.6 Å². The number of rotatable bonds is 5. The molecule has 0 amide bonds. The van der Waals surface area contributed by atoms with Crippen molar-refractivity contribution in [2.45, 2.75) is 18.7 Å². The van der Waals surface area contributed by atoms with Gasteiger partial charge in [-0.3, -0.25) is 0 Å². The van der Waals surface area contributed by atoms with Crippen molar-refractivity contribution in [2.24, 2.45) is 0 Å². The Bertz CT molecular complexity index is 539. The van der Waals surface area contributed by atoms with Crippen LogP contribution in [-0.4, -0.2) is 25.5 Å². The van der Waals surface area contributed by atoms with E-state index in [1.54, 1.807) is 0 Å². The Labute approximate surface area is 123 Å². The van der Waals surface area contributed by atoms with E-state index in [1.165, 1.54) is 13.8 Å². The number of Topliss-reactive ketones (excluding diaryl/α,β-unsaturated/α-hetero) is 2. The van der Waals surface area contributed by atoms with Gasteiger partial charge in [0.1, 0.15) is 0 Å². The number of hydrogen-bond acceptors (Lipinski definition) is 2. The van der Waals surface area contributed by atoms with Crippen LogP contribution in [-0.2, 0) is 9.59 Å². The van der Waals surface area contributed by atoms with E-state index in [0.29, 0.717) is 0 Å². The Kier molecular flexibility index (Phi) is 4.89. The molecule has 0 fully saturated rings. The van der Waals surface area contributed by atoms with Crippen molar-refractivity contribution in [3.05, 3.63) is 60.7 Å². The molecule has 0 atom stereocenters. The molecule has 0 saturated heterocycles. The van der Waals surface area contributed by atoms with Crippen molar-refractivity contribution in [1.82, 2.24) is 0 Å². The third-order valence-electron chi connectivity index (χ3n) is 2.97. The van der Waals surface area contributed by atoms with E-state index < -0.39 is 18.7 Å².